The fraction of sp³-hybridized carbons (Fsp3) is 0.647. The largest absolute Gasteiger partial charge is 0.312 e. The quantitative estimate of drug-likeness (QED) is 0.502. The van der Waals surface area contributed by atoms with Crippen LogP contribution >= 0.6 is 11.6 Å². The summed E-state index contributed by atoms with van der Waals surface area (Å²) in [6.45, 7) is 7.57. The average molecular weight is 308 g/mol. The number of alkyl halides is 1. The molecule has 21 heavy (non-hydrogen) atoms. The zero-order valence-corrected chi connectivity index (χ0v) is 14.2. The van der Waals surface area contributed by atoms with Crippen LogP contribution in [0, 0.1) is 12.8 Å². The van der Waals surface area contributed by atoms with Crippen LogP contribution in [0.2, 0.25) is 0 Å². The minimum atomic E-state index is 0.447. The molecule has 0 bridgehead atoms. The Morgan fingerprint density at radius 2 is 1.86 bits per heavy atom. The van der Waals surface area contributed by atoms with Crippen molar-refractivity contribution in [2.75, 3.05) is 0 Å². The van der Waals surface area contributed by atoms with Crippen LogP contribution in [-0.4, -0.2) is 14.5 Å². The van der Waals surface area contributed by atoms with Gasteiger partial charge in [0.1, 0.15) is 11.3 Å². The Morgan fingerprint density at radius 3 is 2.57 bits per heavy atom. The number of rotatable bonds is 8. The molecule has 0 amide bonds. The normalized spacial score (nSPS) is 11.7. The van der Waals surface area contributed by atoms with E-state index in [2.05, 4.69) is 28.4 Å². The van der Waals surface area contributed by atoms with Gasteiger partial charge in [0.15, 0.2) is 5.65 Å². The van der Waals surface area contributed by atoms with Gasteiger partial charge < -0.3 is 4.57 Å². The van der Waals surface area contributed by atoms with Crippen molar-refractivity contribution in [1.29, 1.82) is 0 Å². The van der Waals surface area contributed by atoms with E-state index < -0.39 is 0 Å². The van der Waals surface area contributed by atoms with Gasteiger partial charge in [0.2, 0.25) is 0 Å². The van der Waals surface area contributed by atoms with Crippen LogP contribution < -0.4 is 0 Å². The Morgan fingerprint density at radius 1 is 1.10 bits per heavy atom. The number of aryl methyl sites for hydroxylation is 2. The number of fused-ring (bicyclic) bond motifs is 1. The first kappa shape index (κ1) is 16.3. The molecular weight excluding hydrogens is 282 g/mol. The van der Waals surface area contributed by atoms with E-state index in [1.807, 2.05) is 19.1 Å². The number of pyridine rings is 1. The summed E-state index contributed by atoms with van der Waals surface area (Å²) in [7, 11) is 0. The number of halogens is 1. The molecule has 2 aromatic rings. The second-order valence-corrected chi connectivity index (χ2v) is 6.47. The first-order valence-electron chi connectivity index (χ1n) is 8.00. The summed E-state index contributed by atoms with van der Waals surface area (Å²) in [5, 5.41) is 0. The lowest BCUT2D eigenvalue weighted by atomic mass is 10.0. The topological polar surface area (TPSA) is 30.7 Å². The predicted molar refractivity (Wildman–Crippen MR) is 89.7 cm³/mol. The van der Waals surface area contributed by atoms with E-state index in [0.717, 1.165) is 35.1 Å². The SMILES string of the molecule is Cc1ccc2nc(CCl)n(CCCCCCC(C)C)c2n1. The maximum atomic E-state index is 6.03. The monoisotopic (exact) mass is 307 g/mol. The van der Waals surface area contributed by atoms with Gasteiger partial charge in [-0.1, -0.05) is 39.5 Å². The molecule has 0 aliphatic heterocycles. The summed E-state index contributed by atoms with van der Waals surface area (Å²) in [6.07, 6.45) is 6.42. The molecule has 0 saturated carbocycles. The minimum Gasteiger partial charge on any atom is -0.312 e. The predicted octanol–water partition coefficient (Wildman–Crippen LogP) is 5.09. The third-order valence-electron chi connectivity index (χ3n) is 3.84. The molecule has 2 rings (SSSR count). The van der Waals surface area contributed by atoms with Crippen molar-refractivity contribution in [3.8, 4) is 0 Å². The van der Waals surface area contributed by atoms with Crippen molar-refractivity contribution < 1.29 is 0 Å². The molecule has 0 fully saturated rings. The van der Waals surface area contributed by atoms with Crippen LogP contribution in [-0.2, 0) is 12.4 Å². The summed E-state index contributed by atoms with van der Waals surface area (Å²) < 4.78 is 2.19. The average Bonchev–Trinajstić information content (AvgIpc) is 2.79. The van der Waals surface area contributed by atoms with Crippen LogP contribution in [0.1, 0.15) is 57.5 Å². The van der Waals surface area contributed by atoms with Gasteiger partial charge in [-0.3, -0.25) is 0 Å². The molecule has 0 aromatic carbocycles. The van der Waals surface area contributed by atoms with Gasteiger partial charge in [-0.05, 0) is 31.4 Å². The minimum absolute atomic E-state index is 0.447. The Labute approximate surface area is 132 Å². The van der Waals surface area contributed by atoms with Gasteiger partial charge in [-0.15, -0.1) is 11.6 Å². The van der Waals surface area contributed by atoms with Gasteiger partial charge in [-0.25, -0.2) is 9.97 Å². The summed E-state index contributed by atoms with van der Waals surface area (Å²) in [5.41, 5.74) is 2.96. The Hall–Kier alpha value is -1.09. The molecule has 0 N–H and O–H groups in total. The number of unbranched alkanes of at least 4 members (excludes halogenated alkanes) is 3. The van der Waals surface area contributed by atoms with Crippen molar-refractivity contribution in [3.63, 3.8) is 0 Å². The van der Waals surface area contributed by atoms with Crippen molar-refractivity contribution in [1.82, 2.24) is 14.5 Å². The molecule has 0 spiro atoms. The van der Waals surface area contributed by atoms with Gasteiger partial charge in [0.25, 0.3) is 0 Å². The van der Waals surface area contributed by atoms with E-state index in [0.29, 0.717) is 5.88 Å². The Balaban J connectivity index is 1.95. The van der Waals surface area contributed by atoms with Gasteiger partial charge in [0.05, 0.1) is 5.88 Å². The van der Waals surface area contributed by atoms with Crippen molar-refractivity contribution in [2.24, 2.45) is 5.92 Å². The molecule has 2 aromatic heterocycles. The molecule has 0 atom stereocenters. The third kappa shape index (κ3) is 4.44. The highest BCUT2D eigenvalue weighted by molar-refractivity contribution is 6.16. The molecule has 116 valence electrons. The molecule has 0 unspecified atom stereocenters. The van der Waals surface area contributed by atoms with Crippen LogP contribution in [0.15, 0.2) is 12.1 Å². The van der Waals surface area contributed by atoms with E-state index in [4.69, 9.17) is 11.6 Å². The lowest BCUT2D eigenvalue weighted by molar-refractivity contribution is 0.505. The van der Waals surface area contributed by atoms with Gasteiger partial charge in [-0.2, -0.15) is 0 Å². The standard InChI is InChI=1S/C17H26ClN3/c1-13(2)8-6-4-5-7-11-21-16(12-18)20-15-10-9-14(3)19-17(15)21/h9-10,13H,4-8,11-12H2,1-3H3. The third-order valence-corrected chi connectivity index (χ3v) is 4.08. The second-order valence-electron chi connectivity index (χ2n) is 6.21. The highest BCUT2D eigenvalue weighted by Gasteiger charge is 2.10. The Bertz CT molecular complexity index is 575. The number of aromatic nitrogens is 3. The molecular formula is C17H26ClN3. The maximum Gasteiger partial charge on any atom is 0.160 e. The summed E-state index contributed by atoms with van der Waals surface area (Å²) in [5.74, 6) is 2.20. The number of hydrogen-bond acceptors (Lipinski definition) is 2. The van der Waals surface area contributed by atoms with Gasteiger partial charge >= 0.3 is 0 Å². The van der Waals surface area contributed by atoms with Crippen molar-refractivity contribution in [2.45, 2.75) is 65.3 Å². The highest BCUT2D eigenvalue weighted by atomic mass is 35.5. The summed E-state index contributed by atoms with van der Waals surface area (Å²) in [4.78, 5) is 9.20. The lowest BCUT2D eigenvalue weighted by Crippen LogP contribution is -2.04. The number of imidazole rings is 1. The number of nitrogens with zero attached hydrogens (tertiary/aromatic N) is 3. The molecule has 4 heteroatoms. The summed E-state index contributed by atoms with van der Waals surface area (Å²) >= 11 is 6.03. The van der Waals surface area contributed by atoms with E-state index in [1.165, 1.54) is 32.1 Å². The molecule has 0 radical (unpaired) electrons. The van der Waals surface area contributed by atoms with Crippen molar-refractivity contribution >= 4 is 22.8 Å². The van der Waals surface area contributed by atoms with Crippen LogP contribution in [0.5, 0.6) is 0 Å². The lowest BCUT2D eigenvalue weighted by Gasteiger charge is -2.08. The molecule has 0 saturated heterocycles. The summed E-state index contributed by atoms with van der Waals surface area (Å²) in [6, 6.07) is 4.04. The zero-order chi connectivity index (χ0) is 15.2. The van der Waals surface area contributed by atoms with E-state index >= 15 is 0 Å². The van der Waals surface area contributed by atoms with Crippen LogP contribution in [0.4, 0.5) is 0 Å². The zero-order valence-electron chi connectivity index (χ0n) is 13.4. The smallest absolute Gasteiger partial charge is 0.160 e. The van der Waals surface area contributed by atoms with Crippen LogP contribution in [0.25, 0.3) is 11.2 Å². The maximum absolute atomic E-state index is 6.03. The van der Waals surface area contributed by atoms with E-state index in [1.54, 1.807) is 0 Å². The highest BCUT2D eigenvalue weighted by Crippen LogP contribution is 2.18. The molecule has 0 aliphatic rings. The fourth-order valence-corrected chi connectivity index (χ4v) is 2.86. The van der Waals surface area contributed by atoms with Crippen LogP contribution in [0.3, 0.4) is 0 Å². The fourth-order valence-electron chi connectivity index (χ4n) is 2.66. The molecule has 0 aliphatic carbocycles. The first-order valence-corrected chi connectivity index (χ1v) is 8.54. The van der Waals surface area contributed by atoms with Crippen molar-refractivity contribution in [3.05, 3.63) is 23.7 Å². The second kappa shape index (κ2) is 7.79. The van der Waals surface area contributed by atoms with Gasteiger partial charge in [0, 0.05) is 12.2 Å². The molecule has 3 nitrogen and oxygen atoms in total. The molecule has 2 heterocycles. The Kier molecular flexibility index (Phi) is 6.04. The van der Waals surface area contributed by atoms with E-state index in [9.17, 15) is 0 Å². The first-order chi connectivity index (χ1) is 10.1. The van der Waals surface area contributed by atoms with E-state index in [-0.39, 0.29) is 0 Å². The number of hydrogen-bond donors (Lipinski definition) is 0.